The second-order valence-corrected chi connectivity index (χ2v) is 5.92. The van der Waals surface area contributed by atoms with Crippen LogP contribution in [0.3, 0.4) is 0 Å². The van der Waals surface area contributed by atoms with E-state index in [4.69, 9.17) is 4.74 Å². The predicted octanol–water partition coefficient (Wildman–Crippen LogP) is 3.73. The van der Waals surface area contributed by atoms with Gasteiger partial charge in [0.25, 0.3) is 5.91 Å². The lowest BCUT2D eigenvalue weighted by atomic mass is 10.2. The molecule has 2 aromatic rings. The van der Waals surface area contributed by atoms with E-state index in [2.05, 4.69) is 26.6 Å². The quantitative estimate of drug-likeness (QED) is 0.835. The Hall–Kier alpha value is -2.34. The Morgan fingerprint density at radius 1 is 1.09 bits per heavy atom. The van der Waals surface area contributed by atoms with Gasteiger partial charge in [0.1, 0.15) is 5.75 Å². The number of carbonyl (C=O) groups excluding carboxylic acids is 2. The van der Waals surface area contributed by atoms with Gasteiger partial charge >= 0.3 is 0 Å². The predicted molar refractivity (Wildman–Crippen MR) is 93.7 cm³/mol. The first kappa shape index (κ1) is 17.0. The zero-order valence-electron chi connectivity index (χ0n) is 12.9. The number of hydrogen-bond donors (Lipinski definition) is 2. The van der Waals surface area contributed by atoms with E-state index in [1.54, 1.807) is 24.3 Å². The molecule has 0 spiro atoms. The van der Waals surface area contributed by atoms with Gasteiger partial charge in [0.15, 0.2) is 6.61 Å². The van der Waals surface area contributed by atoms with E-state index in [9.17, 15) is 9.59 Å². The van der Waals surface area contributed by atoms with Gasteiger partial charge in [0.2, 0.25) is 5.91 Å². The van der Waals surface area contributed by atoms with Crippen LogP contribution in [0, 0.1) is 6.92 Å². The number of hydrogen-bond acceptors (Lipinski definition) is 3. The second-order valence-electron chi connectivity index (χ2n) is 5.01. The standard InChI is InChI=1S/C17H17BrN2O3/c1-11-8-13(18)6-7-16(11)23-10-17(22)20-15-5-3-4-14(9-15)19-12(2)21/h3-9H,10H2,1-2H3,(H,19,21)(H,20,22). The van der Waals surface area contributed by atoms with Crippen LogP contribution in [0.5, 0.6) is 5.75 Å². The third-order valence-electron chi connectivity index (χ3n) is 2.96. The zero-order chi connectivity index (χ0) is 16.8. The van der Waals surface area contributed by atoms with Gasteiger partial charge in [-0.1, -0.05) is 22.0 Å². The molecule has 0 fully saturated rings. The number of carbonyl (C=O) groups is 2. The molecule has 0 atom stereocenters. The molecular formula is C17H17BrN2O3. The van der Waals surface area contributed by atoms with Crippen LogP contribution in [-0.2, 0) is 9.59 Å². The van der Waals surface area contributed by atoms with Crippen LogP contribution in [0.15, 0.2) is 46.9 Å². The number of amides is 2. The van der Waals surface area contributed by atoms with E-state index in [0.717, 1.165) is 10.0 Å². The van der Waals surface area contributed by atoms with Crippen LogP contribution in [0.4, 0.5) is 11.4 Å². The molecule has 0 aliphatic heterocycles. The van der Waals surface area contributed by atoms with E-state index in [1.807, 2.05) is 25.1 Å². The Morgan fingerprint density at radius 2 is 1.78 bits per heavy atom. The van der Waals surface area contributed by atoms with Gasteiger partial charge in [-0.25, -0.2) is 0 Å². The summed E-state index contributed by atoms with van der Waals surface area (Å²) in [6, 6.07) is 12.5. The molecule has 0 saturated carbocycles. The van der Waals surface area contributed by atoms with E-state index in [0.29, 0.717) is 17.1 Å². The largest absolute Gasteiger partial charge is 0.483 e. The summed E-state index contributed by atoms with van der Waals surface area (Å²) in [5.74, 6) is 0.227. The average Bonchev–Trinajstić information content (AvgIpc) is 2.46. The smallest absolute Gasteiger partial charge is 0.262 e. The van der Waals surface area contributed by atoms with Gasteiger partial charge in [0, 0.05) is 22.8 Å². The molecule has 0 radical (unpaired) electrons. The van der Waals surface area contributed by atoms with Crippen molar-refractivity contribution in [1.82, 2.24) is 0 Å². The Bertz CT molecular complexity index is 732. The summed E-state index contributed by atoms with van der Waals surface area (Å²) >= 11 is 3.38. The molecule has 0 aliphatic rings. The number of nitrogens with one attached hydrogen (secondary N) is 2. The minimum Gasteiger partial charge on any atom is -0.483 e. The fourth-order valence-corrected chi connectivity index (χ4v) is 2.47. The van der Waals surface area contributed by atoms with Gasteiger partial charge < -0.3 is 15.4 Å². The number of benzene rings is 2. The van der Waals surface area contributed by atoms with E-state index >= 15 is 0 Å². The molecule has 0 unspecified atom stereocenters. The summed E-state index contributed by atoms with van der Waals surface area (Å²) < 4.78 is 6.48. The van der Waals surface area contributed by atoms with Crippen molar-refractivity contribution in [3.8, 4) is 5.75 Å². The summed E-state index contributed by atoms with van der Waals surface area (Å²) in [5.41, 5.74) is 2.16. The minimum absolute atomic E-state index is 0.0904. The maximum absolute atomic E-state index is 12.0. The van der Waals surface area contributed by atoms with Crippen molar-refractivity contribution in [3.05, 3.63) is 52.5 Å². The topological polar surface area (TPSA) is 67.4 Å². The maximum Gasteiger partial charge on any atom is 0.262 e. The number of ether oxygens (including phenoxy) is 1. The lowest BCUT2D eigenvalue weighted by molar-refractivity contribution is -0.118. The van der Waals surface area contributed by atoms with Crippen LogP contribution in [0.2, 0.25) is 0 Å². The lowest BCUT2D eigenvalue weighted by Gasteiger charge is -2.10. The summed E-state index contributed by atoms with van der Waals surface area (Å²) in [7, 11) is 0. The first-order valence-electron chi connectivity index (χ1n) is 7.00. The van der Waals surface area contributed by atoms with Crippen LogP contribution < -0.4 is 15.4 Å². The SMILES string of the molecule is CC(=O)Nc1cccc(NC(=O)COc2ccc(Br)cc2C)c1. The van der Waals surface area contributed by atoms with Crippen molar-refractivity contribution in [2.75, 3.05) is 17.2 Å². The fraction of sp³-hybridized carbons (Fsp3) is 0.176. The molecule has 23 heavy (non-hydrogen) atoms. The highest BCUT2D eigenvalue weighted by Crippen LogP contribution is 2.22. The van der Waals surface area contributed by atoms with Crippen molar-refractivity contribution in [1.29, 1.82) is 0 Å². The third-order valence-corrected chi connectivity index (χ3v) is 3.46. The first-order chi connectivity index (χ1) is 10.9. The van der Waals surface area contributed by atoms with Crippen LogP contribution >= 0.6 is 15.9 Å². The summed E-state index contributed by atoms with van der Waals surface area (Å²) in [5, 5.41) is 5.40. The van der Waals surface area contributed by atoms with Crippen LogP contribution in [-0.4, -0.2) is 18.4 Å². The maximum atomic E-state index is 12.0. The molecule has 5 nitrogen and oxygen atoms in total. The van der Waals surface area contributed by atoms with Gasteiger partial charge in [-0.15, -0.1) is 0 Å². The molecule has 6 heteroatoms. The Labute approximate surface area is 143 Å². The monoisotopic (exact) mass is 376 g/mol. The second kappa shape index (κ2) is 7.78. The zero-order valence-corrected chi connectivity index (χ0v) is 14.4. The third kappa shape index (κ3) is 5.41. The van der Waals surface area contributed by atoms with E-state index in [-0.39, 0.29) is 18.4 Å². The molecular weight excluding hydrogens is 360 g/mol. The van der Waals surface area contributed by atoms with Crippen molar-refractivity contribution in [2.45, 2.75) is 13.8 Å². The van der Waals surface area contributed by atoms with Gasteiger partial charge in [-0.2, -0.15) is 0 Å². The van der Waals surface area contributed by atoms with E-state index < -0.39 is 0 Å². The minimum atomic E-state index is -0.271. The van der Waals surface area contributed by atoms with Crippen LogP contribution in [0.1, 0.15) is 12.5 Å². The number of anilines is 2. The molecule has 120 valence electrons. The van der Waals surface area contributed by atoms with Gasteiger partial charge in [-0.3, -0.25) is 9.59 Å². The molecule has 0 aliphatic carbocycles. The highest BCUT2D eigenvalue weighted by atomic mass is 79.9. The Morgan fingerprint density at radius 3 is 2.43 bits per heavy atom. The Balaban J connectivity index is 1.93. The summed E-state index contributed by atoms with van der Waals surface area (Å²) in [6.45, 7) is 3.25. The molecule has 0 saturated heterocycles. The molecule has 2 aromatic carbocycles. The van der Waals surface area contributed by atoms with Gasteiger partial charge in [-0.05, 0) is 48.9 Å². The fourth-order valence-electron chi connectivity index (χ4n) is 1.99. The van der Waals surface area contributed by atoms with Gasteiger partial charge in [0.05, 0.1) is 0 Å². The van der Waals surface area contributed by atoms with E-state index in [1.165, 1.54) is 6.92 Å². The normalized spacial score (nSPS) is 10.0. The molecule has 0 heterocycles. The number of rotatable bonds is 5. The average molecular weight is 377 g/mol. The summed E-state index contributed by atoms with van der Waals surface area (Å²) in [4.78, 5) is 23.0. The first-order valence-corrected chi connectivity index (χ1v) is 7.80. The lowest BCUT2D eigenvalue weighted by Crippen LogP contribution is -2.20. The molecule has 0 aromatic heterocycles. The Kier molecular flexibility index (Phi) is 5.76. The van der Waals surface area contributed by atoms with Crippen molar-refractivity contribution in [2.24, 2.45) is 0 Å². The van der Waals surface area contributed by atoms with Crippen molar-refractivity contribution < 1.29 is 14.3 Å². The summed E-state index contributed by atoms with van der Waals surface area (Å²) in [6.07, 6.45) is 0. The highest BCUT2D eigenvalue weighted by molar-refractivity contribution is 9.10. The molecule has 0 bridgehead atoms. The molecule has 2 N–H and O–H groups in total. The number of halogens is 1. The molecule has 2 rings (SSSR count). The number of aryl methyl sites for hydroxylation is 1. The van der Waals surface area contributed by atoms with Crippen molar-refractivity contribution in [3.63, 3.8) is 0 Å². The highest BCUT2D eigenvalue weighted by Gasteiger charge is 2.06. The van der Waals surface area contributed by atoms with Crippen LogP contribution in [0.25, 0.3) is 0 Å². The molecule has 2 amide bonds. The van der Waals surface area contributed by atoms with Crippen molar-refractivity contribution >= 4 is 39.1 Å².